The minimum absolute atomic E-state index is 0.0565. The number of hydrogen-bond donors (Lipinski definition) is 1. The smallest absolute Gasteiger partial charge is 0.366 e. The summed E-state index contributed by atoms with van der Waals surface area (Å²) in [7, 11) is 0. The summed E-state index contributed by atoms with van der Waals surface area (Å²) >= 11 is 0. The van der Waals surface area contributed by atoms with Crippen LogP contribution in [0.4, 0.5) is 19.0 Å². The average Bonchev–Trinajstić information content (AvgIpc) is 2.97. The van der Waals surface area contributed by atoms with Gasteiger partial charge in [-0.25, -0.2) is 0 Å². The standard InChI is InChI=1S/C16H16F3N5/c1-11(7-8-12-5-3-2-4-6-12)20-13-9-10-14-21-22-15(16(17,18)19)24(14)23-13/h2-6,9-11H,7-8H2,1H3,(H,20,23). The second kappa shape index (κ2) is 6.46. The Labute approximate surface area is 136 Å². The van der Waals surface area contributed by atoms with Crippen molar-refractivity contribution in [3.63, 3.8) is 0 Å². The largest absolute Gasteiger partial charge is 0.453 e. The molecule has 0 aliphatic carbocycles. The van der Waals surface area contributed by atoms with Crippen LogP contribution >= 0.6 is 0 Å². The predicted molar refractivity (Wildman–Crippen MR) is 83.6 cm³/mol. The highest BCUT2D eigenvalue weighted by Crippen LogP contribution is 2.27. The second-order valence-electron chi connectivity index (χ2n) is 5.58. The molecule has 0 aliphatic rings. The minimum Gasteiger partial charge on any atom is -0.366 e. The van der Waals surface area contributed by atoms with Gasteiger partial charge in [0.05, 0.1) is 0 Å². The Kier molecular flexibility index (Phi) is 4.37. The molecule has 24 heavy (non-hydrogen) atoms. The number of alkyl halides is 3. The number of nitrogens with zero attached hydrogens (tertiary/aromatic N) is 4. The van der Waals surface area contributed by atoms with Crippen LogP contribution in [-0.2, 0) is 12.6 Å². The summed E-state index contributed by atoms with van der Waals surface area (Å²) in [4.78, 5) is 0. The van der Waals surface area contributed by atoms with Gasteiger partial charge in [0.25, 0.3) is 5.82 Å². The highest BCUT2D eigenvalue weighted by atomic mass is 19.4. The zero-order valence-corrected chi connectivity index (χ0v) is 13.0. The number of rotatable bonds is 5. The molecule has 3 aromatic rings. The monoisotopic (exact) mass is 335 g/mol. The van der Waals surface area contributed by atoms with E-state index in [0.29, 0.717) is 10.3 Å². The topological polar surface area (TPSA) is 55.1 Å². The van der Waals surface area contributed by atoms with Crippen molar-refractivity contribution < 1.29 is 13.2 Å². The maximum absolute atomic E-state index is 12.9. The third kappa shape index (κ3) is 3.64. The molecular weight excluding hydrogens is 319 g/mol. The van der Waals surface area contributed by atoms with Crippen LogP contribution in [0.15, 0.2) is 42.5 Å². The molecule has 0 aliphatic heterocycles. The molecule has 0 saturated heterocycles. The Balaban J connectivity index is 1.70. The molecule has 2 aromatic heterocycles. The summed E-state index contributed by atoms with van der Waals surface area (Å²) in [6.45, 7) is 1.96. The summed E-state index contributed by atoms with van der Waals surface area (Å²) < 4.78 is 39.3. The first-order valence-corrected chi connectivity index (χ1v) is 7.53. The van der Waals surface area contributed by atoms with Gasteiger partial charge >= 0.3 is 6.18 Å². The molecule has 2 heterocycles. The van der Waals surface area contributed by atoms with Crippen molar-refractivity contribution in [1.82, 2.24) is 19.8 Å². The lowest BCUT2D eigenvalue weighted by atomic mass is 10.1. The molecule has 0 saturated carbocycles. The average molecular weight is 335 g/mol. The highest BCUT2D eigenvalue weighted by molar-refractivity contribution is 5.44. The SMILES string of the molecule is CC(CCc1ccccc1)Nc1ccc2nnc(C(F)(F)F)n2n1. The Morgan fingerprint density at radius 2 is 1.83 bits per heavy atom. The molecular formula is C16H16F3N5. The lowest BCUT2D eigenvalue weighted by molar-refractivity contribution is -0.146. The molecule has 3 rings (SSSR count). The first-order chi connectivity index (χ1) is 11.4. The summed E-state index contributed by atoms with van der Waals surface area (Å²) in [5, 5.41) is 13.7. The lowest BCUT2D eigenvalue weighted by Crippen LogP contribution is -2.19. The van der Waals surface area contributed by atoms with Crippen molar-refractivity contribution in [2.45, 2.75) is 32.0 Å². The van der Waals surface area contributed by atoms with Gasteiger partial charge in [0.15, 0.2) is 5.65 Å². The van der Waals surface area contributed by atoms with Crippen LogP contribution in [0.2, 0.25) is 0 Å². The molecule has 1 N–H and O–H groups in total. The third-order valence-corrected chi connectivity index (χ3v) is 3.62. The molecule has 126 valence electrons. The van der Waals surface area contributed by atoms with E-state index in [-0.39, 0.29) is 11.7 Å². The zero-order chi connectivity index (χ0) is 17.2. The first-order valence-electron chi connectivity index (χ1n) is 7.53. The van der Waals surface area contributed by atoms with E-state index >= 15 is 0 Å². The van der Waals surface area contributed by atoms with Crippen LogP contribution in [0.1, 0.15) is 24.7 Å². The zero-order valence-electron chi connectivity index (χ0n) is 13.0. The predicted octanol–water partition coefficient (Wildman–Crippen LogP) is 3.58. The van der Waals surface area contributed by atoms with Crippen LogP contribution in [0.5, 0.6) is 0 Å². The number of anilines is 1. The van der Waals surface area contributed by atoms with E-state index in [1.165, 1.54) is 11.6 Å². The lowest BCUT2D eigenvalue weighted by Gasteiger charge is -2.14. The van der Waals surface area contributed by atoms with Gasteiger partial charge in [0.2, 0.25) is 0 Å². The van der Waals surface area contributed by atoms with Gasteiger partial charge in [-0.2, -0.15) is 17.7 Å². The molecule has 8 heteroatoms. The van der Waals surface area contributed by atoms with Crippen molar-refractivity contribution >= 4 is 11.5 Å². The second-order valence-corrected chi connectivity index (χ2v) is 5.58. The van der Waals surface area contributed by atoms with Gasteiger partial charge in [0, 0.05) is 6.04 Å². The van der Waals surface area contributed by atoms with Gasteiger partial charge in [-0.3, -0.25) is 0 Å². The molecule has 0 bridgehead atoms. The number of aryl methyl sites for hydroxylation is 1. The Hall–Kier alpha value is -2.64. The maximum Gasteiger partial charge on any atom is 0.453 e. The number of benzene rings is 1. The van der Waals surface area contributed by atoms with Gasteiger partial charge in [0.1, 0.15) is 5.82 Å². The van der Waals surface area contributed by atoms with Crippen molar-refractivity contribution in [3.8, 4) is 0 Å². The summed E-state index contributed by atoms with van der Waals surface area (Å²) in [5.74, 6) is -0.772. The van der Waals surface area contributed by atoms with E-state index in [1.54, 1.807) is 6.07 Å². The van der Waals surface area contributed by atoms with E-state index in [9.17, 15) is 13.2 Å². The fraction of sp³-hybridized carbons (Fsp3) is 0.312. The quantitative estimate of drug-likeness (QED) is 0.774. The number of fused-ring (bicyclic) bond motifs is 1. The van der Waals surface area contributed by atoms with E-state index in [4.69, 9.17) is 0 Å². The van der Waals surface area contributed by atoms with E-state index in [2.05, 4.69) is 20.6 Å². The van der Waals surface area contributed by atoms with Gasteiger partial charge in [-0.05, 0) is 37.5 Å². The number of halogens is 3. The molecule has 1 unspecified atom stereocenters. The van der Waals surface area contributed by atoms with Crippen LogP contribution < -0.4 is 5.32 Å². The number of aromatic nitrogens is 4. The number of hydrogen-bond acceptors (Lipinski definition) is 4. The normalized spacial score (nSPS) is 13.2. The molecule has 5 nitrogen and oxygen atoms in total. The van der Waals surface area contributed by atoms with Gasteiger partial charge in [-0.1, -0.05) is 30.3 Å². The first kappa shape index (κ1) is 16.2. The number of nitrogens with one attached hydrogen (secondary N) is 1. The third-order valence-electron chi connectivity index (χ3n) is 3.62. The fourth-order valence-corrected chi connectivity index (χ4v) is 2.40. The highest BCUT2D eigenvalue weighted by Gasteiger charge is 2.37. The minimum atomic E-state index is -4.59. The summed E-state index contributed by atoms with van der Waals surface area (Å²) in [6, 6.07) is 13.1. The van der Waals surface area contributed by atoms with Crippen molar-refractivity contribution in [2.24, 2.45) is 0 Å². The summed E-state index contributed by atoms with van der Waals surface area (Å²) in [5.41, 5.74) is 1.28. The van der Waals surface area contributed by atoms with E-state index in [0.717, 1.165) is 12.8 Å². The molecule has 0 fully saturated rings. The van der Waals surface area contributed by atoms with Crippen molar-refractivity contribution in [3.05, 3.63) is 53.9 Å². The van der Waals surface area contributed by atoms with Crippen molar-refractivity contribution in [1.29, 1.82) is 0 Å². The molecule has 0 amide bonds. The van der Waals surface area contributed by atoms with Crippen LogP contribution in [0, 0.1) is 0 Å². The Bertz CT molecular complexity index is 813. The Morgan fingerprint density at radius 3 is 2.54 bits per heavy atom. The maximum atomic E-state index is 12.9. The van der Waals surface area contributed by atoms with Crippen LogP contribution in [0.25, 0.3) is 5.65 Å². The summed E-state index contributed by atoms with van der Waals surface area (Å²) in [6.07, 6.45) is -2.89. The van der Waals surface area contributed by atoms with Crippen molar-refractivity contribution in [2.75, 3.05) is 5.32 Å². The van der Waals surface area contributed by atoms with E-state index < -0.39 is 12.0 Å². The molecule has 1 aromatic carbocycles. The molecule has 0 spiro atoms. The van der Waals surface area contributed by atoms with Crippen LogP contribution in [0.3, 0.4) is 0 Å². The van der Waals surface area contributed by atoms with Gasteiger partial charge < -0.3 is 5.32 Å². The fourth-order valence-electron chi connectivity index (χ4n) is 2.40. The van der Waals surface area contributed by atoms with Crippen LogP contribution in [-0.4, -0.2) is 25.9 Å². The molecule has 1 atom stereocenters. The van der Waals surface area contributed by atoms with E-state index in [1.807, 2.05) is 37.3 Å². The van der Waals surface area contributed by atoms with Gasteiger partial charge in [-0.15, -0.1) is 15.3 Å². The Morgan fingerprint density at radius 1 is 1.08 bits per heavy atom. The molecule has 0 radical (unpaired) electrons.